The first-order valence-corrected chi connectivity index (χ1v) is 0. The van der Waals surface area contributed by atoms with Crippen LogP contribution in [-0.4, -0.2) is 27.4 Å². The zero-order valence-corrected chi connectivity index (χ0v) is 7.96. The molecule has 0 aliphatic carbocycles. The van der Waals surface area contributed by atoms with Crippen molar-refractivity contribution in [3.63, 3.8) is 0 Å². The van der Waals surface area contributed by atoms with Crippen LogP contribution in [-0.2, 0) is 13.5 Å². The number of hydrogen-bond donors (Lipinski definition) is 0. The zero-order valence-electron chi connectivity index (χ0n) is 3.95. The molecular formula is H11KO5S. The molecule has 0 aliphatic heterocycles. The van der Waals surface area contributed by atoms with Crippen molar-refractivity contribution in [3.05, 3.63) is 0 Å². The first-order chi connectivity index (χ1) is 0. The molecule has 0 rings (SSSR count). The van der Waals surface area contributed by atoms with E-state index in [9.17, 15) is 0 Å². The summed E-state index contributed by atoms with van der Waals surface area (Å²) in [5.74, 6) is 0. The summed E-state index contributed by atoms with van der Waals surface area (Å²) < 4.78 is 0. The summed E-state index contributed by atoms with van der Waals surface area (Å²) in [7, 11) is 0. The van der Waals surface area contributed by atoms with Gasteiger partial charge in [-0.15, -0.1) is 0 Å². The molecule has 0 atom stereocenters. The van der Waals surface area contributed by atoms with Crippen molar-refractivity contribution >= 4 is 13.5 Å². The Bertz CT molecular complexity index is 8.04. The predicted molar refractivity (Wildman–Crippen MR) is 26.8 cm³/mol. The van der Waals surface area contributed by atoms with E-state index in [1.54, 1.807) is 0 Å². The topological polar surface area (TPSA) is 158 Å². The van der Waals surface area contributed by atoms with Gasteiger partial charge in [0.25, 0.3) is 0 Å². The van der Waals surface area contributed by atoms with Crippen molar-refractivity contribution in [1.82, 2.24) is 0 Å². The van der Waals surface area contributed by atoms with Crippen LogP contribution in [0.3, 0.4) is 0 Å². The van der Waals surface area contributed by atoms with E-state index in [-0.39, 0.29) is 92.3 Å². The molecule has 7 heteroatoms. The van der Waals surface area contributed by atoms with E-state index in [0.717, 1.165) is 0 Å². The molecule has 0 saturated heterocycles. The maximum absolute atomic E-state index is 0. The molecule has 0 amide bonds. The van der Waals surface area contributed by atoms with Gasteiger partial charge in [-0.05, 0) is 0 Å². The summed E-state index contributed by atoms with van der Waals surface area (Å²) in [6, 6.07) is 0. The third-order valence-corrected chi connectivity index (χ3v) is 0. The van der Waals surface area contributed by atoms with E-state index in [0.29, 0.717) is 0 Å². The van der Waals surface area contributed by atoms with Gasteiger partial charge < -0.3 is 40.9 Å². The molecule has 0 aliphatic rings. The fraction of sp³-hybridized carbons (Fsp3) is 0. The molecule has 0 bridgehead atoms. The second-order valence-electron chi connectivity index (χ2n) is 0. The van der Waals surface area contributed by atoms with Crippen molar-refractivity contribution in [2.75, 3.05) is 0 Å². The molecule has 0 aromatic heterocycles. The molecule has 7 heavy (non-hydrogen) atoms. The van der Waals surface area contributed by atoms with Crippen molar-refractivity contribution in [2.45, 2.75) is 0 Å². The molecule has 0 radical (unpaired) electrons. The van der Waals surface area contributed by atoms with Gasteiger partial charge in [-0.1, -0.05) is 0 Å². The minimum absolute atomic E-state index is 0. The van der Waals surface area contributed by atoms with Crippen molar-refractivity contribution in [3.8, 4) is 0 Å². The Morgan fingerprint density at radius 3 is 0.429 bits per heavy atom. The second-order valence-corrected chi connectivity index (χ2v) is 0. The average molecular weight is 162 g/mol. The van der Waals surface area contributed by atoms with Gasteiger partial charge in [0.15, 0.2) is 0 Å². The molecule has 0 aromatic carbocycles. The fourth-order valence-corrected chi connectivity index (χ4v) is 0. The van der Waals surface area contributed by atoms with Gasteiger partial charge in [0.2, 0.25) is 0 Å². The van der Waals surface area contributed by atoms with Gasteiger partial charge in [0.05, 0.1) is 0 Å². The number of hydrogen-bond acceptors (Lipinski definition) is 1. The molecule has 5 nitrogen and oxygen atoms in total. The minimum Gasteiger partial charge on any atom is -0.813 e. The Morgan fingerprint density at radius 1 is 0.429 bits per heavy atom. The monoisotopic (exact) mass is 162 g/mol. The van der Waals surface area contributed by atoms with Crippen LogP contribution in [0.25, 0.3) is 0 Å². The first-order valence-electron chi connectivity index (χ1n) is 0. The molecule has 0 fully saturated rings. The van der Waals surface area contributed by atoms with Crippen LogP contribution in [0.1, 0.15) is 0 Å². The van der Waals surface area contributed by atoms with Crippen LogP contribution >= 0.6 is 0 Å². The maximum Gasteiger partial charge on any atom is 1.00 e. The molecule has 0 saturated carbocycles. The Hall–Kier alpha value is 1.79. The third-order valence-electron chi connectivity index (χ3n) is 0. The van der Waals surface area contributed by atoms with Gasteiger partial charge in [-0.25, -0.2) is 0 Å². The summed E-state index contributed by atoms with van der Waals surface area (Å²) in [5, 5.41) is 0. The van der Waals surface area contributed by atoms with Crippen LogP contribution < -0.4 is 51.4 Å². The summed E-state index contributed by atoms with van der Waals surface area (Å²) in [5.41, 5.74) is 0. The molecule has 48 valence electrons. The van der Waals surface area contributed by atoms with E-state index in [4.69, 9.17) is 0 Å². The van der Waals surface area contributed by atoms with Gasteiger partial charge in [-0.2, -0.15) is 0 Å². The Kier molecular flexibility index (Phi) is 2680. The summed E-state index contributed by atoms with van der Waals surface area (Å²) in [6.07, 6.45) is 0. The van der Waals surface area contributed by atoms with Gasteiger partial charge in [0.1, 0.15) is 0 Å². The van der Waals surface area contributed by atoms with Crippen molar-refractivity contribution < 1.29 is 78.8 Å². The zero-order chi connectivity index (χ0) is 0. The molecule has 10 N–H and O–H groups in total. The smallest absolute Gasteiger partial charge is 0.813 e. The summed E-state index contributed by atoms with van der Waals surface area (Å²) in [4.78, 5) is 0. The molecule has 0 heterocycles. The van der Waals surface area contributed by atoms with Crippen LogP contribution in [0.2, 0.25) is 0 Å². The van der Waals surface area contributed by atoms with Gasteiger partial charge in [-0.3, -0.25) is 0 Å². The van der Waals surface area contributed by atoms with E-state index in [2.05, 4.69) is 0 Å². The molecular weight excluding hydrogens is 151 g/mol. The molecule has 0 unspecified atom stereocenters. The summed E-state index contributed by atoms with van der Waals surface area (Å²) in [6.45, 7) is 0. The normalized spacial score (nSPS) is 0. The standard InChI is InChI=1S/K.5H2O.H2S/h;6*1H2/q+1;;;;;;/p-1. The SMILES string of the molecule is O.O.O.O.O.[K+].[SH-]. The third kappa shape index (κ3) is 81.7. The quantitative estimate of drug-likeness (QED) is 0.193. The van der Waals surface area contributed by atoms with Gasteiger partial charge >= 0.3 is 51.4 Å². The van der Waals surface area contributed by atoms with Crippen LogP contribution in [0.5, 0.6) is 0 Å². The Balaban J connectivity index is 0. The number of thiol groups is 1. The van der Waals surface area contributed by atoms with Crippen molar-refractivity contribution in [2.24, 2.45) is 0 Å². The maximum atomic E-state index is 0. The molecule has 0 spiro atoms. The minimum atomic E-state index is 0. The second kappa shape index (κ2) is 112. The molecule has 0 aromatic rings. The Morgan fingerprint density at radius 2 is 0.429 bits per heavy atom. The van der Waals surface area contributed by atoms with E-state index >= 15 is 0 Å². The van der Waals surface area contributed by atoms with E-state index in [1.807, 2.05) is 0 Å². The van der Waals surface area contributed by atoms with E-state index < -0.39 is 0 Å². The van der Waals surface area contributed by atoms with Crippen molar-refractivity contribution in [1.29, 1.82) is 0 Å². The van der Waals surface area contributed by atoms with E-state index in [1.165, 1.54) is 0 Å². The van der Waals surface area contributed by atoms with Crippen LogP contribution in [0, 0.1) is 0 Å². The predicted octanol–water partition coefficient (Wildman–Crippen LogP) is -7.39. The van der Waals surface area contributed by atoms with Crippen LogP contribution in [0.15, 0.2) is 0 Å². The largest absolute Gasteiger partial charge is 1.00 e. The fourth-order valence-electron chi connectivity index (χ4n) is 0. The van der Waals surface area contributed by atoms with Gasteiger partial charge in [0, 0.05) is 0 Å². The summed E-state index contributed by atoms with van der Waals surface area (Å²) >= 11 is 0. The van der Waals surface area contributed by atoms with Crippen LogP contribution in [0.4, 0.5) is 0 Å². The number of rotatable bonds is 0. The first kappa shape index (κ1) is 167. The average Bonchev–Trinajstić information content (AvgIpc) is 0. The Labute approximate surface area is 90.9 Å².